The third kappa shape index (κ3) is 3.73. The minimum Gasteiger partial charge on any atom is -0.479 e. The number of carboxylic acids is 1. The van der Waals surface area contributed by atoms with Crippen LogP contribution in [-0.2, 0) is 9.63 Å². The summed E-state index contributed by atoms with van der Waals surface area (Å²) < 4.78 is 0. The molecule has 3 aliphatic rings. The number of fused-ring (bicyclic) bond motifs is 1. The SMILES string of the molecule is O=C(O)CO/N=C1/CC2C1CC(O)C2C#CC(O)C1CCCCC1. The van der Waals surface area contributed by atoms with E-state index in [4.69, 9.17) is 9.94 Å². The Bertz CT molecular complexity index is 557. The predicted molar refractivity (Wildman–Crippen MR) is 87.1 cm³/mol. The second-order valence-electron chi connectivity index (χ2n) is 7.18. The number of hydrogen-bond donors (Lipinski definition) is 3. The number of aliphatic carboxylic acids is 1. The van der Waals surface area contributed by atoms with Crippen LogP contribution in [0.1, 0.15) is 44.9 Å². The standard InChI is InChI=1S/C18H25NO5/c20-16(11-4-2-1-3-5-11)7-6-12-13-8-15(14(13)9-17(12)21)19-24-10-18(22)23/h11-14,16-17,20-21H,1-5,8-10H2,(H,22,23)/b19-15-. The van der Waals surface area contributed by atoms with Crippen molar-refractivity contribution in [2.24, 2.45) is 28.8 Å². The highest BCUT2D eigenvalue weighted by Gasteiger charge is 2.51. The quantitative estimate of drug-likeness (QED) is 0.533. The Morgan fingerprint density at radius 3 is 2.79 bits per heavy atom. The molecule has 0 radical (unpaired) electrons. The molecule has 24 heavy (non-hydrogen) atoms. The maximum absolute atomic E-state index is 10.4. The Balaban J connectivity index is 1.55. The summed E-state index contributed by atoms with van der Waals surface area (Å²) in [5.41, 5.74) is 0.817. The first-order valence-corrected chi connectivity index (χ1v) is 8.84. The molecule has 3 saturated carbocycles. The third-order valence-electron chi connectivity index (χ3n) is 5.62. The normalized spacial score (nSPS) is 35.5. The van der Waals surface area contributed by atoms with Crippen molar-refractivity contribution in [3.05, 3.63) is 0 Å². The average Bonchev–Trinajstić information content (AvgIpc) is 2.81. The van der Waals surface area contributed by atoms with Gasteiger partial charge in [0.1, 0.15) is 6.10 Å². The van der Waals surface area contributed by atoms with Crippen LogP contribution < -0.4 is 0 Å². The second-order valence-corrected chi connectivity index (χ2v) is 7.18. The number of aliphatic hydroxyl groups excluding tert-OH is 2. The van der Waals surface area contributed by atoms with Crippen LogP contribution in [0.5, 0.6) is 0 Å². The zero-order valence-corrected chi connectivity index (χ0v) is 13.7. The van der Waals surface area contributed by atoms with Gasteiger partial charge in [-0.3, -0.25) is 0 Å². The summed E-state index contributed by atoms with van der Waals surface area (Å²) in [5.74, 6) is 5.53. The fourth-order valence-electron chi connectivity index (χ4n) is 4.23. The summed E-state index contributed by atoms with van der Waals surface area (Å²) in [6.07, 6.45) is 5.79. The van der Waals surface area contributed by atoms with E-state index in [1.165, 1.54) is 6.42 Å². The van der Waals surface area contributed by atoms with Gasteiger partial charge in [0.15, 0.2) is 0 Å². The van der Waals surface area contributed by atoms with E-state index in [-0.39, 0.29) is 23.7 Å². The van der Waals surface area contributed by atoms with Crippen molar-refractivity contribution in [1.82, 2.24) is 0 Å². The Morgan fingerprint density at radius 1 is 1.33 bits per heavy atom. The van der Waals surface area contributed by atoms with E-state index in [1.807, 2.05) is 0 Å². The highest BCUT2D eigenvalue weighted by atomic mass is 16.6. The molecule has 3 N–H and O–H groups in total. The minimum absolute atomic E-state index is 0.125. The van der Waals surface area contributed by atoms with Crippen LogP contribution in [0.3, 0.4) is 0 Å². The molecule has 3 aliphatic carbocycles. The summed E-state index contributed by atoms with van der Waals surface area (Å²) in [6.45, 7) is -0.444. The minimum atomic E-state index is -1.05. The maximum atomic E-state index is 10.4. The second kappa shape index (κ2) is 7.54. The highest BCUT2D eigenvalue weighted by Crippen LogP contribution is 2.48. The van der Waals surface area contributed by atoms with Crippen LogP contribution >= 0.6 is 0 Å². The molecule has 0 aromatic rings. The van der Waals surface area contributed by atoms with Gasteiger partial charge in [-0.05, 0) is 37.5 Å². The van der Waals surface area contributed by atoms with Crippen molar-refractivity contribution in [2.75, 3.05) is 6.61 Å². The Hall–Kier alpha value is -1.58. The van der Waals surface area contributed by atoms with E-state index in [1.54, 1.807) is 0 Å². The summed E-state index contributed by atoms with van der Waals surface area (Å²) in [4.78, 5) is 15.2. The average molecular weight is 335 g/mol. The van der Waals surface area contributed by atoms with E-state index in [0.29, 0.717) is 12.8 Å². The van der Waals surface area contributed by atoms with Gasteiger partial charge >= 0.3 is 5.97 Å². The molecule has 0 aliphatic heterocycles. The van der Waals surface area contributed by atoms with Crippen molar-refractivity contribution < 1.29 is 25.0 Å². The van der Waals surface area contributed by atoms with Gasteiger partial charge in [0, 0.05) is 5.92 Å². The van der Waals surface area contributed by atoms with Gasteiger partial charge in [0.2, 0.25) is 6.61 Å². The maximum Gasteiger partial charge on any atom is 0.344 e. The van der Waals surface area contributed by atoms with Crippen molar-refractivity contribution in [1.29, 1.82) is 0 Å². The number of aliphatic hydroxyl groups is 2. The molecule has 0 amide bonds. The van der Waals surface area contributed by atoms with Crippen molar-refractivity contribution in [3.8, 4) is 11.8 Å². The molecule has 3 rings (SSSR count). The lowest BCUT2D eigenvalue weighted by Gasteiger charge is -2.33. The Morgan fingerprint density at radius 2 is 2.08 bits per heavy atom. The first kappa shape index (κ1) is 17.2. The summed E-state index contributed by atoms with van der Waals surface area (Å²) in [6, 6.07) is 0. The smallest absolute Gasteiger partial charge is 0.344 e. The lowest BCUT2D eigenvalue weighted by molar-refractivity contribution is -0.142. The van der Waals surface area contributed by atoms with Crippen LogP contribution in [0.25, 0.3) is 0 Å². The molecule has 0 aromatic carbocycles. The van der Waals surface area contributed by atoms with E-state index in [9.17, 15) is 15.0 Å². The van der Waals surface area contributed by atoms with Crippen LogP contribution in [0, 0.1) is 35.5 Å². The number of nitrogens with zero attached hydrogens (tertiary/aromatic N) is 1. The summed E-state index contributed by atoms with van der Waals surface area (Å²) in [5, 5.41) is 32.9. The van der Waals surface area contributed by atoms with Gasteiger partial charge in [-0.2, -0.15) is 0 Å². The molecular weight excluding hydrogens is 310 g/mol. The van der Waals surface area contributed by atoms with E-state index in [0.717, 1.165) is 31.4 Å². The molecule has 0 heterocycles. The first-order valence-electron chi connectivity index (χ1n) is 8.84. The Kier molecular flexibility index (Phi) is 5.42. The number of carbonyl (C=O) groups is 1. The largest absolute Gasteiger partial charge is 0.479 e. The zero-order valence-electron chi connectivity index (χ0n) is 13.7. The molecule has 0 spiro atoms. The molecule has 6 heteroatoms. The van der Waals surface area contributed by atoms with Gasteiger partial charge in [0.25, 0.3) is 0 Å². The number of oxime groups is 1. The van der Waals surface area contributed by atoms with E-state index < -0.39 is 24.8 Å². The molecule has 5 unspecified atom stereocenters. The zero-order chi connectivity index (χ0) is 17.1. The number of rotatable bonds is 4. The molecule has 3 fully saturated rings. The van der Waals surface area contributed by atoms with Crippen molar-refractivity contribution in [2.45, 2.75) is 57.2 Å². The Labute approximate surface area is 141 Å². The molecule has 0 aromatic heterocycles. The van der Waals surface area contributed by atoms with E-state index >= 15 is 0 Å². The third-order valence-corrected chi connectivity index (χ3v) is 5.62. The van der Waals surface area contributed by atoms with Crippen molar-refractivity contribution in [3.63, 3.8) is 0 Å². The molecule has 0 saturated heterocycles. The molecule has 132 valence electrons. The molecule has 6 nitrogen and oxygen atoms in total. The van der Waals surface area contributed by atoms with Crippen LogP contribution in [0.4, 0.5) is 0 Å². The van der Waals surface area contributed by atoms with E-state index in [2.05, 4.69) is 17.0 Å². The van der Waals surface area contributed by atoms with Gasteiger partial charge in [-0.15, -0.1) is 0 Å². The molecule has 5 atom stereocenters. The van der Waals surface area contributed by atoms with Gasteiger partial charge in [-0.25, -0.2) is 4.79 Å². The lowest BCUT2D eigenvalue weighted by Crippen LogP contribution is -2.36. The topological polar surface area (TPSA) is 99.4 Å². The lowest BCUT2D eigenvalue weighted by atomic mass is 9.71. The van der Waals surface area contributed by atoms with Crippen LogP contribution in [0.15, 0.2) is 5.16 Å². The number of carboxylic acid groups (broad SMARTS) is 1. The summed E-state index contributed by atoms with van der Waals surface area (Å²) in [7, 11) is 0. The molecule has 0 bridgehead atoms. The van der Waals surface area contributed by atoms with Crippen LogP contribution in [0.2, 0.25) is 0 Å². The highest BCUT2D eigenvalue weighted by molar-refractivity contribution is 5.93. The summed E-state index contributed by atoms with van der Waals surface area (Å²) >= 11 is 0. The van der Waals surface area contributed by atoms with Crippen molar-refractivity contribution >= 4 is 11.7 Å². The predicted octanol–water partition coefficient (Wildman–Crippen LogP) is 1.41. The monoisotopic (exact) mass is 335 g/mol. The van der Waals surface area contributed by atoms with Gasteiger partial charge in [0.05, 0.1) is 17.7 Å². The first-order chi connectivity index (χ1) is 11.6. The molecular formula is C18H25NO5. The number of hydrogen-bond acceptors (Lipinski definition) is 5. The fraction of sp³-hybridized carbons (Fsp3) is 0.778. The van der Waals surface area contributed by atoms with Gasteiger partial charge in [-0.1, -0.05) is 36.3 Å². The van der Waals surface area contributed by atoms with Gasteiger partial charge < -0.3 is 20.2 Å². The fourth-order valence-corrected chi connectivity index (χ4v) is 4.23. The van der Waals surface area contributed by atoms with Crippen LogP contribution in [-0.4, -0.2) is 45.8 Å².